The van der Waals surface area contributed by atoms with Gasteiger partial charge in [-0.1, -0.05) is 0 Å². The van der Waals surface area contributed by atoms with Gasteiger partial charge in [0, 0.05) is 19.2 Å². The summed E-state index contributed by atoms with van der Waals surface area (Å²) in [5, 5.41) is 21.4. The molecule has 0 aromatic carbocycles. The number of aromatic nitrogens is 1. The van der Waals surface area contributed by atoms with Crippen molar-refractivity contribution in [1.82, 2.24) is 4.68 Å². The molecule has 7 heteroatoms. The van der Waals surface area contributed by atoms with Crippen molar-refractivity contribution in [3.63, 3.8) is 0 Å². The Bertz CT molecular complexity index is 597. The lowest BCUT2D eigenvalue weighted by atomic mass is 10.4. The van der Waals surface area contributed by atoms with Gasteiger partial charge in [-0.25, -0.2) is 4.68 Å². The summed E-state index contributed by atoms with van der Waals surface area (Å²) in [4.78, 5) is 2.37. The van der Waals surface area contributed by atoms with Crippen LogP contribution in [0.5, 0.6) is 0 Å². The Kier molecular flexibility index (Phi) is 4.23. The van der Waals surface area contributed by atoms with Crippen LogP contribution < -0.4 is 15.6 Å². The zero-order chi connectivity index (χ0) is 14.8. The van der Waals surface area contributed by atoms with Gasteiger partial charge in [0.15, 0.2) is 0 Å². The summed E-state index contributed by atoms with van der Waals surface area (Å²) in [6.07, 6.45) is 2.42. The molecule has 2 aromatic rings. The van der Waals surface area contributed by atoms with Gasteiger partial charge in [-0.05, 0) is 18.9 Å². The maximum atomic E-state index is 9.32. The van der Waals surface area contributed by atoms with Crippen LogP contribution in [-0.2, 0) is 0 Å². The van der Waals surface area contributed by atoms with Crippen LogP contribution in [0.4, 0.5) is 10.8 Å². The van der Waals surface area contributed by atoms with Crippen molar-refractivity contribution in [2.24, 2.45) is 0 Å². The molecule has 1 aliphatic rings. The minimum absolute atomic E-state index is 0.0543. The van der Waals surface area contributed by atoms with Crippen LogP contribution in [-0.4, -0.2) is 54.3 Å². The Morgan fingerprint density at radius 2 is 1.81 bits per heavy atom. The van der Waals surface area contributed by atoms with Gasteiger partial charge in [0.1, 0.15) is 5.82 Å². The van der Waals surface area contributed by atoms with Crippen LogP contribution in [0.2, 0.25) is 0 Å². The molecule has 0 saturated carbocycles. The van der Waals surface area contributed by atoms with E-state index in [1.807, 2.05) is 11.1 Å². The molecule has 0 bridgehead atoms. The molecule has 4 N–H and O–H groups in total. The molecule has 1 fully saturated rings. The fourth-order valence-corrected chi connectivity index (χ4v) is 3.84. The van der Waals surface area contributed by atoms with Gasteiger partial charge in [-0.2, -0.15) is 0 Å². The zero-order valence-electron chi connectivity index (χ0n) is 12.0. The standard InChI is InChI=1S/C14H22N4O2S/c15-13-9-11-12(21-13)10-14(16-3-1-2-4-16)18(11)17(5-7-19)6-8-20/h9-10,19-20H,1-8,15H2. The lowest BCUT2D eigenvalue weighted by Crippen LogP contribution is -2.41. The molecule has 3 heterocycles. The van der Waals surface area contributed by atoms with E-state index in [1.54, 1.807) is 11.3 Å². The van der Waals surface area contributed by atoms with Crippen molar-refractivity contribution in [3.8, 4) is 0 Å². The quantitative estimate of drug-likeness (QED) is 0.736. The van der Waals surface area contributed by atoms with Gasteiger partial charge in [0.2, 0.25) is 0 Å². The van der Waals surface area contributed by atoms with Gasteiger partial charge in [0.25, 0.3) is 0 Å². The van der Waals surface area contributed by atoms with Crippen LogP contribution in [0.25, 0.3) is 10.2 Å². The first-order valence-corrected chi connectivity index (χ1v) is 8.19. The van der Waals surface area contributed by atoms with Gasteiger partial charge in [-0.15, -0.1) is 11.3 Å². The van der Waals surface area contributed by atoms with Crippen molar-refractivity contribution in [2.75, 3.05) is 55.0 Å². The summed E-state index contributed by atoms with van der Waals surface area (Å²) in [7, 11) is 0. The summed E-state index contributed by atoms with van der Waals surface area (Å²) in [6.45, 7) is 3.19. The van der Waals surface area contributed by atoms with Gasteiger partial charge >= 0.3 is 0 Å². The number of nitrogens with zero attached hydrogens (tertiary/aromatic N) is 3. The van der Waals surface area contributed by atoms with Gasteiger partial charge < -0.3 is 25.9 Å². The first kappa shape index (κ1) is 14.5. The Morgan fingerprint density at radius 3 is 2.43 bits per heavy atom. The lowest BCUT2D eigenvalue weighted by molar-refractivity contribution is 0.266. The van der Waals surface area contributed by atoms with Crippen molar-refractivity contribution in [1.29, 1.82) is 0 Å². The molecule has 1 aliphatic heterocycles. The maximum absolute atomic E-state index is 9.32. The number of nitrogen functional groups attached to an aromatic ring is 1. The van der Waals surface area contributed by atoms with Crippen LogP contribution in [0, 0.1) is 0 Å². The number of fused-ring (bicyclic) bond motifs is 1. The summed E-state index contributed by atoms with van der Waals surface area (Å²) < 4.78 is 3.26. The Balaban J connectivity index is 2.07. The SMILES string of the molecule is Nc1cc2c(cc(N3CCCC3)n2N(CCO)CCO)s1. The molecule has 1 saturated heterocycles. The highest BCUT2D eigenvalue weighted by Gasteiger charge is 2.22. The molecule has 0 radical (unpaired) electrons. The second-order valence-electron chi connectivity index (χ2n) is 5.31. The predicted octanol–water partition coefficient (Wildman–Crippen LogP) is 0.808. The number of aliphatic hydroxyl groups is 2. The summed E-state index contributed by atoms with van der Waals surface area (Å²) in [5.74, 6) is 1.13. The van der Waals surface area contributed by atoms with E-state index in [0.717, 1.165) is 34.1 Å². The zero-order valence-corrected chi connectivity index (χ0v) is 12.8. The summed E-state index contributed by atoms with van der Waals surface area (Å²) >= 11 is 1.58. The molecule has 3 rings (SSSR count). The number of rotatable bonds is 6. The van der Waals surface area contributed by atoms with Crippen LogP contribution in [0.1, 0.15) is 12.8 Å². The largest absolute Gasteiger partial charge is 0.394 e. The summed E-state index contributed by atoms with van der Waals surface area (Å²) in [6, 6.07) is 4.14. The van der Waals surface area contributed by atoms with Crippen molar-refractivity contribution in [2.45, 2.75) is 12.8 Å². The average Bonchev–Trinajstić information content (AvgIpc) is 3.12. The van der Waals surface area contributed by atoms with Crippen LogP contribution in [0.3, 0.4) is 0 Å². The van der Waals surface area contributed by atoms with E-state index in [4.69, 9.17) is 5.73 Å². The third-order valence-corrected chi connectivity index (χ3v) is 4.79. The van der Waals surface area contributed by atoms with E-state index in [2.05, 4.69) is 15.6 Å². The minimum atomic E-state index is 0.0543. The van der Waals surface area contributed by atoms with Crippen LogP contribution >= 0.6 is 11.3 Å². The van der Waals surface area contributed by atoms with E-state index < -0.39 is 0 Å². The lowest BCUT2D eigenvalue weighted by Gasteiger charge is -2.30. The van der Waals surface area contributed by atoms with Gasteiger partial charge in [0.05, 0.1) is 41.5 Å². The Hall–Kier alpha value is -1.44. The van der Waals surface area contributed by atoms with E-state index >= 15 is 0 Å². The second kappa shape index (κ2) is 6.13. The van der Waals surface area contributed by atoms with E-state index in [1.165, 1.54) is 12.8 Å². The van der Waals surface area contributed by atoms with Crippen LogP contribution in [0.15, 0.2) is 12.1 Å². The smallest absolute Gasteiger partial charge is 0.129 e. The third kappa shape index (κ3) is 2.68. The summed E-state index contributed by atoms with van der Waals surface area (Å²) in [5.41, 5.74) is 6.99. The highest BCUT2D eigenvalue weighted by molar-refractivity contribution is 7.22. The monoisotopic (exact) mass is 310 g/mol. The highest BCUT2D eigenvalue weighted by atomic mass is 32.1. The Labute approximate surface area is 128 Å². The molecule has 6 nitrogen and oxygen atoms in total. The number of nitrogens with two attached hydrogens (primary N) is 1. The molecule has 116 valence electrons. The third-order valence-electron chi connectivity index (χ3n) is 3.89. The molecule has 0 amide bonds. The second-order valence-corrected chi connectivity index (χ2v) is 6.42. The molecule has 2 aromatic heterocycles. The van der Waals surface area contributed by atoms with Crippen molar-refractivity contribution in [3.05, 3.63) is 12.1 Å². The Morgan fingerprint density at radius 1 is 1.14 bits per heavy atom. The molecule has 0 aliphatic carbocycles. The van der Waals surface area contributed by atoms with Gasteiger partial charge in [-0.3, -0.25) is 0 Å². The molecular formula is C14H22N4O2S. The fourth-order valence-electron chi connectivity index (χ4n) is 3.00. The predicted molar refractivity (Wildman–Crippen MR) is 87.8 cm³/mol. The number of hydrogen-bond acceptors (Lipinski definition) is 6. The minimum Gasteiger partial charge on any atom is -0.394 e. The first-order valence-electron chi connectivity index (χ1n) is 7.37. The number of aliphatic hydroxyl groups excluding tert-OH is 2. The van der Waals surface area contributed by atoms with Crippen molar-refractivity contribution >= 4 is 32.4 Å². The van der Waals surface area contributed by atoms with E-state index in [-0.39, 0.29) is 13.2 Å². The molecule has 21 heavy (non-hydrogen) atoms. The molecule has 0 atom stereocenters. The fraction of sp³-hybridized carbons (Fsp3) is 0.571. The first-order chi connectivity index (χ1) is 10.2. The van der Waals surface area contributed by atoms with E-state index in [0.29, 0.717) is 13.1 Å². The average molecular weight is 310 g/mol. The molecule has 0 unspecified atom stereocenters. The number of anilines is 2. The number of thiophene rings is 1. The molecular weight excluding hydrogens is 288 g/mol. The van der Waals surface area contributed by atoms with Crippen molar-refractivity contribution < 1.29 is 10.2 Å². The number of hydrogen-bond donors (Lipinski definition) is 3. The topological polar surface area (TPSA) is 77.9 Å². The highest BCUT2D eigenvalue weighted by Crippen LogP contribution is 2.35. The van der Waals surface area contributed by atoms with E-state index in [9.17, 15) is 10.2 Å². The normalized spacial score (nSPS) is 15.2. The molecule has 0 spiro atoms. The maximum Gasteiger partial charge on any atom is 0.129 e.